The molecular formula is C29H24N6S3. The van der Waals surface area contributed by atoms with Gasteiger partial charge in [-0.1, -0.05) is 43.0 Å². The van der Waals surface area contributed by atoms with Gasteiger partial charge in [0.25, 0.3) is 0 Å². The molecule has 38 heavy (non-hydrogen) atoms. The van der Waals surface area contributed by atoms with E-state index in [1.54, 1.807) is 22.7 Å². The van der Waals surface area contributed by atoms with Gasteiger partial charge in [0, 0.05) is 69.0 Å². The van der Waals surface area contributed by atoms with Crippen molar-refractivity contribution in [2.45, 2.75) is 0 Å². The molecule has 6 nitrogen and oxygen atoms in total. The van der Waals surface area contributed by atoms with E-state index in [9.17, 15) is 0 Å². The van der Waals surface area contributed by atoms with Crippen LogP contribution in [0, 0.1) is 0 Å². The lowest BCUT2D eigenvalue weighted by Crippen LogP contribution is -2.14. The fourth-order valence-corrected chi connectivity index (χ4v) is 8.37. The Morgan fingerprint density at radius 3 is 1.92 bits per heavy atom. The maximum absolute atomic E-state index is 6.58. The monoisotopic (exact) mass is 552 g/mol. The molecule has 0 fully saturated rings. The third-order valence-electron chi connectivity index (χ3n) is 7.26. The Bertz CT molecular complexity index is 2080. The Kier molecular flexibility index (Phi) is 5.31. The van der Waals surface area contributed by atoms with Gasteiger partial charge in [0.1, 0.15) is 11.4 Å². The molecule has 0 unspecified atom stereocenters. The van der Waals surface area contributed by atoms with Crippen LogP contribution in [0.1, 0.15) is 21.1 Å². The molecule has 7 rings (SSSR count). The number of rotatable bonds is 5. The normalized spacial score (nSPS) is 12.8. The van der Waals surface area contributed by atoms with Crippen molar-refractivity contribution in [3.63, 3.8) is 0 Å². The highest BCUT2D eigenvalue weighted by atomic mass is 32.1. The Hall–Kier alpha value is -3.76. The van der Waals surface area contributed by atoms with Crippen LogP contribution in [0.5, 0.6) is 0 Å². The van der Waals surface area contributed by atoms with Gasteiger partial charge < -0.3 is 20.6 Å². The molecule has 0 saturated carbocycles. The SMILES string of the molecule is C=C(c1cc2c(s1)c1ccccc1n2C)c1nsnc1/C(=C(/N)CN)c1cc2c(s1)c1ccccc1n2C. The number of thiophene rings is 2. The van der Waals surface area contributed by atoms with Crippen LogP contribution in [0.2, 0.25) is 0 Å². The summed E-state index contributed by atoms with van der Waals surface area (Å²) in [6.07, 6.45) is 0. The van der Waals surface area contributed by atoms with Gasteiger partial charge in [-0.05, 0) is 24.3 Å². The lowest BCUT2D eigenvalue weighted by Gasteiger charge is -2.10. The molecule has 5 aromatic heterocycles. The molecule has 0 aliphatic heterocycles. The van der Waals surface area contributed by atoms with Crippen LogP contribution in [0.15, 0.2) is 72.9 Å². The highest BCUT2D eigenvalue weighted by Crippen LogP contribution is 2.43. The lowest BCUT2D eigenvalue weighted by molar-refractivity contribution is 1.02. The first kappa shape index (κ1) is 23.4. The molecule has 5 heterocycles. The second kappa shape index (κ2) is 8.64. The van der Waals surface area contributed by atoms with Crippen molar-refractivity contribution in [2.24, 2.45) is 25.6 Å². The van der Waals surface area contributed by atoms with E-state index < -0.39 is 0 Å². The first-order valence-corrected chi connectivity index (χ1v) is 14.5. The summed E-state index contributed by atoms with van der Waals surface area (Å²) in [6.45, 7) is 4.70. The third-order valence-corrected chi connectivity index (χ3v) is 10.2. The van der Waals surface area contributed by atoms with Crippen molar-refractivity contribution < 1.29 is 0 Å². The number of nitrogens with two attached hydrogens (primary N) is 2. The molecule has 2 aromatic carbocycles. The summed E-state index contributed by atoms with van der Waals surface area (Å²) in [5.74, 6) is 0. The predicted molar refractivity (Wildman–Crippen MR) is 164 cm³/mol. The van der Waals surface area contributed by atoms with E-state index >= 15 is 0 Å². The summed E-state index contributed by atoms with van der Waals surface area (Å²) in [6, 6.07) is 21.3. The van der Waals surface area contributed by atoms with Crippen molar-refractivity contribution in [1.82, 2.24) is 17.9 Å². The van der Waals surface area contributed by atoms with Crippen LogP contribution < -0.4 is 11.5 Å². The molecule has 0 aliphatic carbocycles. The van der Waals surface area contributed by atoms with Crippen LogP contribution >= 0.6 is 34.4 Å². The number of nitrogens with zero attached hydrogens (tertiary/aromatic N) is 4. The third kappa shape index (κ3) is 3.26. The Balaban J connectivity index is 1.37. The summed E-state index contributed by atoms with van der Waals surface area (Å²) in [7, 11) is 4.20. The zero-order valence-electron chi connectivity index (χ0n) is 20.9. The molecule has 7 aromatic rings. The molecule has 0 atom stereocenters. The van der Waals surface area contributed by atoms with Crippen LogP contribution in [-0.2, 0) is 14.1 Å². The van der Waals surface area contributed by atoms with E-state index in [2.05, 4.69) is 90.5 Å². The molecule has 188 valence electrons. The number of fused-ring (bicyclic) bond motifs is 6. The van der Waals surface area contributed by atoms with Gasteiger partial charge in [0.15, 0.2) is 0 Å². The number of hydrogen-bond acceptors (Lipinski definition) is 7. The van der Waals surface area contributed by atoms with Gasteiger partial charge in [-0.2, -0.15) is 8.75 Å². The van der Waals surface area contributed by atoms with Gasteiger partial charge in [-0.3, -0.25) is 0 Å². The molecule has 0 spiro atoms. The number of hydrogen-bond donors (Lipinski definition) is 2. The number of benzene rings is 2. The maximum Gasteiger partial charge on any atom is 0.115 e. The zero-order chi connectivity index (χ0) is 26.1. The van der Waals surface area contributed by atoms with Crippen LogP contribution in [-0.4, -0.2) is 24.4 Å². The van der Waals surface area contributed by atoms with Gasteiger partial charge >= 0.3 is 0 Å². The first-order valence-electron chi connectivity index (χ1n) is 12.1. The fraction of sp³-hybridized carbons (Fsp3) is 0.103. The van der Waals surface area contributed by atoms with E-state index in [-0.39, 0.29) is 6.54 Å². The summed E-state index contributed by atoms with van der Waals surface area (Å²) < 4.78 is 16.4. The number of aryl methyl sites for hydroxylation is 2. The number of aromatic nitrogens is 4. The molecule has 0 saturated heterocycles. The standard InChI is InChI=1S/C29H24N6S3/c1-15(23-12-21-28(36-23)16-8-4-6-10-19(16)34(21)2)26-27(33-38-32-26)25(18(31)14-30)24-13-22-29(37-24)17-9-5-7-11-20(17)35(22)3/h4-13H,1,14,30-31H2,2-3H3/b25-18+. The van der Waals surface area contributed by atoms with Gasteiger partial charge in [0.05, 0.1) is 32.2 Å². The smallest absolute Gasteiger partial charge is 0.115 e. The van der Waals surface area contributed by atoms with E-state index in [0.29, 0.717) is 5.70 Å². The molecular weight excluding hydrogens is 529 g/mol. The van der Waals surface area contributed by atoms with E-state index in [0.717, 1.165) is 37.8 Å². The minimum atomic E-state index is 0.225. The van der Waals surface area contributed by atoms with Crippen LogP contribution in [0.25, 0.3) is 53.4 Å². The zero-order valence-corrected chi connectivity index (χ0v) is 23.3. The second-order valence-corrected chi connectivity index (χ2v) is 12.0. The minimum Gasteiger partial charge on any atom is -0.400 e. The summed E-state index contributed by atoms with van der Waals surface area (Å²) in [5.41, 5.74) is 21.2. The summed E-state index contributed by atoms with van der Waals surface area (Å²) in [4.78, 5) is 2.10. The fourth-order valence-electron chi connectivity index (χ4n) is 5.29. The molecule has 0 bridgehead atoms. The summed E-state index contributed by atoms with van der Waals surface area (Å²) in [5, 5.41) is 2.47. The van der Waals surface area contributed by atoms with Crippen molar-refractivity contribution in [1.29, 1.82) is 0 Å². The molecule has 0 aliphatic rings. The predicted octanol–water partition coefficient (Wildman–Crippen LogP) is 6.69. The highest BCUT2D eigenvalue weighted by Gasteiger charge is 2.25. The minimum absolute atomic E-state index is 0.225. The largest absolute Gasteiger partial charge is 0.400 e. The Morgan fingerprint density at radius 1 is 0.789 bits per heavy atom. The molecule has 4 N–H and O–H groups in total. The van der Waals surface area contributed by atoms with Gasteiger partial charge in [-0.15, -0.1) is 22.7 Å². The van der Waals surface area contributed by atoms with E-state index in [1.165, 1.54) is 48.5 Å². The maximum atomic E-state index is 6.58. The quantitative estimate of drug-likeness (QED) is 0.249. The molecule has 9 heteroatoms. The molecule has 0 radical (unpaired) electrons. The van der Waals surface area contributed by atoms with Gasteiger partial charge in [0.2, 0.25) is 0 Å². The van der Waals surface area contributed by atoms with Crippen molar-refractivity contribution in [3.05, 3.63) is 94.1 Å². The Labute approximate surface area is 231 Å². The molecule has 0 amide bonds. The van der Waals surface area contributed by atoms with Crippen molar-refractivity contribution in [3.8, 4) is 0 Å². The van der Waals surface area contributed by atoms with Crippen molar-refractivity contribution in [2.75, 3.05) is 6.54 Å². The van der Waals surface area contributed by atoms with Crippen molar-refractivity contribution >= 4 is 87.8 Å². The topological polar surface area (TPSA) is 87.7 Å². The second-order valence-electron chi connectivity index (χ2n) is 9.35. The Morgan fingerprint density at radius 2 is 1.32 bits per heavy atom. The van der Waals surface area contributed by atoms with Crippen LogP contribution in [0.3, 0.4) is 0 Å². The number of para-hydroxylation sites is 2. The van der Waals surface area contributed by atoms with E-state index in [4.69, 9.17) is 20.2 Å². The lowest BCUT2D eigenvalue weighted by atomic mass is 10.0. The average Bonchev–Trinajstić information content (AvgIpc) is 3.75. The van der Waals surface area contributed by atoms with Crippen LogP contribution in [0.4, 0.5) is 0 Å². The first-order chi connectivity index (χ1) is 18.5. The van der Waals surface area contributed by atoms with Gasteiger partial charge in [-0.25, -0.2) is 0 Å². The summed E-state index contributed by atoms with van der Waals surface area (Å²) >= 11 is 4.63. The highest BCUT2D eigenvalue weighted by molar-refractivity contribution is 7.21. The average molecular weight is 553 g/mol. The van der Waals surface area contributed by atoms with E-state index in [1.807, 2.05) is 0 Å².